The molecule has 0 aromatic carbocycles. The van der Waals surface area contributed by atoms with Crippen LogP contribution in [-0.4, -0.2) is 37.2 Å². The van der Waals surface area contributed by atoms with Crippen LogP contribution in [-0.2, 0) is 7.05 Å². The summed E-state index contributed by atoms with van der Waals surface area (Å²) in [5.41, 5.74) is 0.918. The fourth-order valence-electron chi connectivity index (χ4n) is 4.02. The van der Waals surface area contributed by atoms with Gasteiger partial charge < -0.3 is 24.7 Å². The number of pyridine rings is 2. The number of aromatic nitrogens is 3. The van der Waals surface area contributed by atoms with Crippen LogP contribution >= 0.6 is 11.3 Å². The van der Waals surface area contributed by atoms with Crippen molar-refractivity contribution in [3.05, 3.63) is 62.6 Å². The summed E-state index contributed by atoms with van der Waals surface area (Å²) in [4.78, 5) is 33.8. The van der Waals surface area contributed by atoms with Gasteiger partial charge in [-0.2, -0.15) is 0 Å². The van der Waals surface area contributed by atoms with Crippen molar-refractivity contribution >= 4 is 28.1 Å². The van der Waals surface area contributed by atoms with Gasteiger partial charge in [-0.1, -0.05) is 0 Å². The van der Waals surface area contributed by atoms with E-state index < -0.39 is 11.8 Å². The maximum absolute atomic E-state index is 15.3. The Labute approximate surface area is 218 Å². The van der Waals surface area contributed by atoms with Gasteiger partial charge >= 0.3 is 0 Å². The summed E-state index contributed by atoms with van der Waals surface area (Å²) in [5.74, 6) is 0.357. The zero-order valence-corrected chi connectivity index (χ0v) is 22.7. The van der Waals surface area contributed by atoms with E-state index in [1.165, 1.54) is 18.4 Å². The molecule has 0 aliphatic carbocycles. The lowest BCUT2D eigenvalue weighted by molar-refractivity contribution is -0.00260. The van der Waals surface area contributed by atoms with E-state index in [-0.39, 0.29) is 33.6 Å². The number of carbonyl (C=O) groups excluding carboxylic acids is 1. The normalized spacial score (nSPS) is 12.8. The highest BCUT2D eigenvalue weighted by atomic mass is 32.1. The molecule has 4 rings (SSSR count). The molecule has 0 radical (unpaired) electrons. The van der Waals surface area contributed by atoms with E-state index in [0.717, 1.165) is 22.5 Å². The van der Waals surface area contributed by atoms with Gasteiger partial charge in [0.1, 0.15) is 17.0 Å². The van der Waals surface area contributed by atoms with E-state index in [2.05, 4.69) is 15.3 Å². The van der Waals surface area contributed by atoms with Crippen molar-refractivity contribution in [3.8, 4) is 22.1 Å². The highest BCUT2D eigenvalue weighted by Gasteiger charge is 2.32. The first-order valence-electron chi connectivity index (χ1n) is 11.9. The predicted octanol–water partition coefficient (Wildman–Crippen LogP) is 5.32. The Morgan fingerprint density at radius 3 is 2.59 bits per heavy atom. The summed E-state index contributed by atoms with van der Waals surface area (Å²) in [7, 11) is 1.61. The number of amides is 1. The van der Waals surface area contributed by atoms with Gasteiger partial charge in [-0.3, -0.25) is 9.59 Å². The van der Waals surface area contributed by atoms with Crippen LogP contribution < -0.4 is 15.6 Å². The number of fused-ring (bicyclic) bond motifs is 1. The molecule has 1 amide bonds. The minimum absolute atomic E-state index is 0.0883. The van der Waals surface area contributed by atoms with Gasteiger partial charge in [-0.05, 0) is 65.3 Å². The number of halogens is 1. The molecule has 10 heteroatoms. The van der Waals surface area contributed by atoms with Gasteiger partial charge in [-0.15, -0.1) is 11.3 Å². The average molecular weight is 527 g/mol. The number of alkyl halides is 1. The second-order valence-corrected chi connectivity index (χ2v) is 11.2. The molecule has 0 saturated carbocycles. The minimum Gasteiger partial charge on any atom is -0.437 e. The van der Waals surface area contributed by atoms with E-state index in [4.69, 9.17) is 4.74 Å². The van der Waals surface area contributed by atoms with Crippen LogP contribution in [0, 0.1) is 13.8 Å². The summed E-state index contributed by atoms with van der Waals surface area (Å²) in [6, 6.07) is 5.01. The Morgan fingerprint density at radius 2 is 1.97 bits per heavy atom. The maximum Gasteiger partial charge on any atom is 0.274 e. The lowest BCUT2D eigenvalue weighted by atomic mass is 10.0. The van der Waals surface area contributed by atoms with Crippen molar-refractivity contribution in [1.29, 1.82) is 0 Å². The third-order valence-electron chi connectivity index (χ3n) is 5.83. The maximum atomic E-state index is 15.3. The molecule has 3 N–H and O–H groups in total. The van der Waals surface area contributed by atoms with Crippen LogP contribution in [0.2, 0.25) is 0 Å². The standard InChI is InChI=1S/C27H31FN4O4S/c1-13(2)30-24(33)18-9-16-17(12-32(7)26(34)21(16)31-18)22-19(10-20(37-22)23(28)27(5,6)35)36-25-15(4)8-14(3)11-29-25/h8-13,23,31,35H,1-7H3,(H,30,33). The van der Waals surface area contributed by atoms with Gasteiger partial charge in [0.2, 0.25) is 5.88 Å². The molecule has 0 bridgehead atoms. The molecular weight excluding hydrogens is 495 g/mol. The third-order valence-corrected chi connectivity index (χ3v) is 7.02. The van der Waals surface area contributed by atoms with Crippen molar-refractivity contribution < 1.29 is 19.0 Å². The van der Waals surface area contributed by atoms with Crippen LogP contribution in [0.25, 0.3) is 21.3 Å². The van der Waals surface area contributed by atoms with E-state index in [9.17, 15) is 14.7 Å². The minimum atomic E-state index is -1.68. The van der Waals surface area contributed by atoms with Crippen LogP contribution in [0.5, 0.6) is 11.6 Å². The number of hydrogen-bond acceptors (Lipinski definition) is 6. The molecule has 0 spiro atoms. The van der Waals surface area contributed by atoms with E-state index in [1.54, 1.807) is 31.6 Å². The molecule has 0 aliphatic heterocycles. The Morgan fingerprint density at radius 1 is 1.27 bits per heavy atom. The van der Waals surface area contributed by atoms with Crippen molar-refractivity contribution in [3.63, 3.8) is 0 Å². The monoisotopic (exact) mass is 526 g/mol. The molecule has 0 fully saturated rings. The van der Waals surface area contributed by atoms with Crippen molar-refractivity contribution in [2.75, 3.05) is 0 Å². The summed E-state index contributed by atoms with van der Waals surface area (Å²) in [6.07, 6.45) is 1.64. The van der Waals surface area contributed by atoms with E-state index in [1.807, 2.05) is 33.8 Å². The zero-order chi connectivity index (χ0) is 27.2. The predicted molar refractivity (Wildman–Crippen MR) is 143 cm³/mol. The second kappa shape index (κ2) is 9.75. The number of ether oxygens (including phenoxy) is 1. The van der Waals surface area contributed by atoms with Gasteiger partial charge in [0, 0.05) is 46.9 Å². The number of nitrogens with zero attached hydrogens (tertiary/aromatic N) is 2. The number of hydrogen-bond donors (Lipinski definition) is 3. The first-order chi connectivity index (χ1) is 17.3. The number of H-pyrrole nitrogens is 1. The average Bonchev–Trinajstić information content (AvgIpc) is 3.42. The SMILES string of the molecule is Cc1cnc(Oc2cc(C(F)C(C)(C)O)sc2-c2cn(C)c(=O)c3[nH]c(C(=O)NC(C)C)cc23)c(C)c1. The van der Waals surface area contributed by atoms with Gasteiger partial charge in [0.15, 0.2) is 6.17 Å². The van der Waals surface area contributed by atoms with E-state index >= 15 is 4.39 Å². The van der Waals surface area contributed by atoms with Gasteiger partial charge in [0.25, 0.3) is 11.5 Å². The third kappa shape index (κ3) is 5.30. The number of aryl methyl sites for hydroxylation is 3. The summed E-state index contributed by atoms with van der Waals surface area (Å²) in [5, 5.41) is 13.7. The smallest absolute Gasteiger partial charge is 0.274 e. The molecule has 8 nitrogen and oxygen atoms in total. The molecule has 4 aromatic heterocycles. The lowest BCUT2D eigenvalue weighted by Crippen LogP contribution is -2.30. The highest BCUT2D eigenvalue weighted by Crippen LogP contribution is 2.47. The zero-order valence-electron chi connectivity index (χ0n) is 21.9. The van der Waals surface area contributed by atoms with Crippen LogP contribution in [0.4, 0.5) is 4.39 Å². The largest absolute Gasteiger partial charge is 0.437 e. The lowest BCUT2D eigenvalue weighted by Gasteiger charge is -2.20. The molecule has 0 saturated heterocycles. The second-order valence-electron chi connectivity index (χ2n) is 10.2. The van der Waals surface area contributed by atoms with Crippen molar-refractivity contribution in [2.45, 2.75) is 59.4 Å². The number of aliphatic hydroxyl groups is 1. The van der Waals surface area contributed by atoms with Crippen LogP contribution in [0.1, 0.15) is 60.4 Å². The Balaban J connectivity index is 1.94. The molecule has 1 unspecified atom stereocenters. The van der Waals surface area contributed by atoms with Gasteiger partial charge in [-0.25, -0.2) is 9.37 Å². The number of rotatable bonds is 7. The van der Waals surface area contributed by atoms with E-state index in [0.29, 0.717) is 27.5 Å². The molecule has 4 aromatic rings. The summed E-state index contributed by atoms with van der Waals surface area (Å²) >= 11 is 1.12. The van der Waals surface area contributed by atoms with Crippen molar-refractivity contribution in [1.82, 2.24) is 19.9 Å². The number of aromatic amines is 1. The molecule has 0 aliphatic rings. The Kier molecular flexibility index (Phi) is 7.00. The topological polar surface area (TPSA) is 109 Å². The number of carbonyl (C=O) groups is 1. The van der Waals surface area contributed by atoms with Crippen LogP contribution in [0.15, 0.2) is 35.4 Å². The summed E-state index contributed by atoms with van der Waals surface area (Å²) in [6.45, 7) is 10.3. The quantitative estimate of drug-likeness (QED) is 0.302. The fourth-order valence-corrected chi connectivity index (χ4v) is 5.29. The number of nitrogens with one attached hydrogen (secondary N) is 2. The Hall–Kier alpha value is -3.50. The molecule has 37 heavy (non-hydrogen) atoms. The molecule has 1 atom stereocenters. The molecule has 196 valence electrons. The number of thiophene rings is 1. The first-order valence-corrected chi connectivity index (χ1v) is 12.7. The highest BCUT2D eigenvalue weighted by molar-refractivity contribution is 7.16. The van der Waals surface area contributed by atoms with Gasteiger partial charge in [0.05, 0.1) is 10.5 Å². The van der Waals surface area contributed by atoms with Crippen LogP contribution in [0.3, 0.4) is 0 Å². The fraction of sp³-hybridized carbons (Fsp3) is 0.370. The Bertz CT molecular complexity index is 1540. The summed E-state index contributed by atoms with van der Waals surface area (Å²) < 4.78 is 22.9. The first kappa shape index (κ1) is 26.6. The van der Waals surface area contributed by atoms with Crippen molar-refractivity contribution in [2.24, 2.45) is 7.05 Å². The molecule has 4 heterocycles. The molecular formula is C27H31FN4O4S.